The standard InChI is InChI=1S/C10H11BrClNO2/c1-13(2)10(14)6-15-7-3-4-8(11)9(12)5-7/h3-5H,6H2,1-2H3. The van der Waals surface area contributed by atoms with E-state index in [1.807, 2.05) is 0 Å². The lowest BCUT2D eigenvalue weighted by Gasteiger charge is -2.11. The van der Waals surface area contributed by atoms with E-state index in [4.69, 9.17) is 16.3 Å². The van der Waals surface area contributed by atoms with Crippen molar-refractivity contribution in [3.63, 3.8) is 0 Å². The fourth-order valence-electron chi connectivity index (χ4n) is 0.841. The zero-order valence-corrected chi connectivity index (χ0v) is 10.8. The Morgan fingerprint density at radius 2 is 2.20 bits per heavy atom. The molecular weight excluding hydrogens is 281 g/mol. The molecule has 0 radical (unpaired) electrons. The molecule has 0 aromatic heterocycles. The summed E-state index contributed by atoms with van der Waals surface area (Å²) in [6.45, 7) is 0.0188. The van der Waals surface area contributed by atoms with Crippen LogP contribution in [0.5, 0.6) is 5.75 Å². The summed E-state index contributed by atoms with van der Waals surface area (Å²) in [5, 5.41) is 0.560. The van der Waals surface area contributed by atoms with Crippen LogP contribution in [0.25, 0.3) is 0 Å². The van der Waals surface area contributed by atoms with Crippen molar-refractivity contribution in [2.45, 2.75) is 0 Å². The first-order chi connectivity index (χ1) is 7.00. The van der Waals surface area contributed by atoms with Gasteiger partial charge < -0.3 is 9.64 Å². The second kappa shape index (κ2) is 5.37. The Kier molecular flexibility index (Phi) is 4.42. The highest BCUT2D eigenvalue weighted by Crippen LogP contribution is 2.26. The van der Waals surface area contributed by atoms with Crippen molar-refractivity contribution >= 4 is 33.4 Å². The zero-order valence-electron chi connectivity index (χ0n) is 8.46. The lowest BCUT2D eigenvalue weighted by atomic mass is 10.3. The maximum Gasteiger partial charge on any atom is 0.259 e. The van der Waals surface area contributed by atoms with Crippen molar-refractivity contribution in [3.8, 4) is 5.75 Å². The van der Waals surface area contributed by atoms with Crippen molar-refractivity contribution < 1.29 is 9.53 Å². The summed E-state index contributed by atoms with van der Waals surface area (Å²) in [5.41, 5.74) is 0. The maximum absolute atomic E-state index is 11.2. The van der Waals surface area contributed by atoms with E-state index in [1.54, 1.807) is 32.3 Å². The van der Waals surface area contributed by atoms with Crippen molar-refractivity contribution in [1.29, 1.82) is 0 Å². The maximum atomic E-state index is 11.2. The molecule has 1 aromatic carbocycles. The number of ether oxygens (including phenoxy) is 1. The molecule has 5 heteroatoms. The Morgan fingerprint density at radius 1 is 1.53 bits per heavy atom. The van der Waals surface area contributed by atoms with E-state index in [2.05, 4.69) is 15.9 Å². The average molecular weight is 293 g/mol. The second-order valence-electron chi connectivity index (χ2n) is 3.15. The van der Waals surface area contributed by atoms with Crippen LogP contribution < -0.4 is 4.74 Å². The van der Waals surface area contributed by atoms with Gasteiger partial charge in [0, 0.05) is 18.6 Å². The monoisotopic (exact) mass is 291 g/mol. The van der Waals surface area contributed by atoms with Gasteiger partial charge in [-0.1, -0.05) is 11.6 Å². The van der Waals surface area contributed by atoms with Gasteiger partial charge in [0.25, 0.3) is 5.91 Å². The largest absolute Gasteiger partial charge is 0.484 e. The van der Waals surface area contributed by atoms with Crippen LogP contribution in [-0.4, -0.2) is 31.5 Å². The van der Waals surface area contributed by atoms with Gasteiger partial charge in [0.05, 0.1) is 5.02 Å². The molecule has 15 heavy (non-hydrogen) atoms. The number of likely N-dealkylation sites (N-methyl/N-ethyl adjacent to an activating group) is 1. The second-order valence-corrected chi connectivity index (χ2v) is 4.41. The van der Waals surface area contributed by atoms with E-state index in [9.17, 15) is 4.79 Å². The number of benzene rings is 1. The van der Waals surface area contributed by atoms with E-state index in [1.165, 1.54) is 4.90 Å². The normalized spacial score (nSPS) is 9.87. The Morgan fingerprint density at radius 3 is 2.73 bits per heavy atom. The predicted octanol–water partition coefficient (Wildman–Crippen LogP) is 2.57. The molecule has 0 N–H and O–H groups in total. The SMILES string of the molecule is CN(C)C(=O)COc1ccc(Br)c(Cl)c1. The molecule has 1 rings (SSSR count). The topological polar surface area (TPSA) is 29.5 Å². The number of hydrogen-bond donors (Lipinski definition) is 0. The molecule has 82 valence electrons. The molecule has 3 nitrogen and oxygen atoms in total. The van der Waals surface area contributed by atoms with Gasteiger partial charge in [-0.25, -0.2) is 0 Å². The Hall–Kier alpha value is -0.740. The molecule has 1 aromatic rings. The summed E-state index contributed by atoms with van der Waals surface area (Å²) in [4.78, 5) is 12.7. The van der Waals surface area contributed by atoms with E-state index in [0.717, 1.165) is 4.47 Å². The van der Waals surface area contributed by atoms with Crippen LogP contribution in [0.2, 0.25) is 5.02 Å². The van der Waals surface area contributed by atoms with E-state index < -0.39 is 0 Å². The van der Waals surface area contributed by atoms with Gasteiger partial charge in [-0.2, -0.15) is 0 Å². The quantitative estimate of drug-likeness (QED) is 0.857. The van der Waals surface area contributed by atoms with Crippen LogP contribution in [0.3, 0.4) is 0 Å². The lowest BCUT2D eigenvalue weighted by molar-refractivity contribution is -0.130. The molecule has 0 aliphatic carbocycles. The van der Waals surface area contributed by atoms with Crippen molar-refractivity contribution in [2.75, 3.05) is 20.7 Å². The minimum atomic E-state index is -0.0889. The van der Waals surface area contributed by atoms with Gasteiger partial charge in [-0.05, 0) is 34.1 Å². The molecule has 0 unspecified atom stereocenters. The molecule has 0 atom stereocenters. The van der Waals surface area contributed by atoms with Crippen LogP contribution in [0.1, 0.15) is 0 Å². The zero-order chi connectivity index (χ0) is 11.4. The number of halogens is 2. The lowest BCUT2D eigenvalue weighted by Crippen LogP contribution is -2.27. The summed E-state index contributed by atoms with van der Waals surface area (Å²) < 4.78 is 6.07. The Labute approximate surface area is 102 Å². The minimum Gasteiger partial charge on any atom is -0.484 e. The molecule has 0 fully saturated rings. The highest BCUT2D eigenvalue weighted by Gasteiger charge is 2.05. The van der Waals surface area contributed by atoms with Gasteiger partial charge >= 0.3 is 0 Å². The number of amides is 1. The molecule has 0 bridgehead atoms. The molecule has 0 heterocycles. The highest BCUT2D eigenvalue weighted by atomic mass is 79.9. The van der Waals surface area contributed by atoms with Crippen LogP contribution in [-0.2, 0) is 4.79 Å². The first-order valence-corrected chi connectivity index (χ1v) is 5.46. The smallest absolute Gasteiger partial charge is 0.259 e. The molecule has 0 saturated heterocycles. The van der Waals surface area contributed by atoms with Gasteiger partial charge in [-0.15, -0.1) is 0 Å². The van der Waals surface area contributed by atoms with Gasteiger partial charge in [0.2, 0.25) is 0 Å². The fraction of sp³-hybridized carbons (Fsp3) is 0.300. The number of rotatable bonds is 3. The van der Waals surface area contributed by atoms with Crippen molar-refractivity contribution in [1.82, 2.24) is 4.90 Å². The third-order valence-electron chi connectivity index (χ3n) is 1.75. The van der Waals surface area contributed by atoms with E-state index in [0.29, 0.717) is 10.8 Å². The van der Waals surface area contributed by atoms with Crippen LogP contribution in [0.15, 0.2) is 22.7 Å². The number of hydrogen-bond acceptors (Lipinski definition) is 2. The Balaban J connectivity index is 2.58. The third kappa shape index (κ3) is 3.72. The third-order valence-corrected chi connectivity index (χ3v) is 2.98. The van der Waals surface area contributed by atoms with Crippen molar-refractivity contribution in [3.05, 3.63) is 27.7 Å². The molecule has 1 amide bonds. The van der Waals surface area contributed by atoms with Gasteiger partial charge in [0.15, 0.2) is 6.61 Å². The molecular formula is C10H11BrClNO2. The first-order valence-electron chi connectivity index (χ1n) is 4.28. The van der Waals surface area contributed by atoms with E-state index in [-0.39, 0.29) is 12.5 Å². The summed E-state index contributed by atoms with van der Waals surface area (Å²) in [6, 6.07) is 5.19. The molecule has 0 spiro atoms. The van der Waals surface area contributed by atoms with Gasteiger partial charge in [-0.3, -0.25) is 4.79 Å². The molecule has 0 aliphatic rings. The van der Waals surface area contributed by atoms with Crippen LogP contribution >= 0.6 is 27.5 Å². The summed E-state index contributed by atoms with van der Waals surface area (Å²) >= 11 is 9.14. The summed E-state index contributed by atoms with van der Waals surface area (Å²) in [7, 11) is 3.36. The summed E-state index contributed by atoms with van der Waals surface area (Å²) in [5.74, 6) is 0.493. The van der Waals surface area contributed by atoms with Gasteiger partial charge in [0.1, 0.15) is 5.75 Å². The minimum absolute atomic E-state index is 0.0188. The van der Waals surface area contributed by atoms with Crippen molar-refractivity contribution in [2.24, 2.45) is 0 Å². The number of nitrogens with zero attached hydrogens (tertiary/aromatic N) is 1. The fourth-order valence-corrected chi connectivity index (χ4v) is 1.26. The van der Waals surface area contributed by atoms with E-state index >= 15 is 0 Å². The number of carbonyl (C=O) groups excluding carboxylic acids is 1. The first kappa shape index (κ1) is 12.3. The number of carbonyl (C=O) groups is 1. The molecule has 0 saturated carbocycles. The van der Waals surface area contributed by atoms with Crippen LogP contribution in [0.4, 0.5) is 0 Å². The summed E-state index contributed by atoms with van der Waals surface area (Å²) in [6.07, 6.45) is 0. The average Bonchev–Trinajstić information content (AvgIpc) is 2.19. The predicted molar refractivity (Wildman–Crippen MR) is 63.3 cm³/mol. The highest BCUT2D eigenvalue weighted by molar-refractivity contribution is 9.10. The van der Waals surface area contributed by atoms with Crippen LogP contribution in [0, 0.1) is 0 Å². The molecule has 0 aliphatic heterocycles. The Bertz CT molecular complexity index is 368.